The number of carboxylic acid groups (broad SMARTS) is 1. The van der Waals surface area contributed by atoms with E-state index in [-0.39, 0.29) is 22.8 Å². The molecule has 29 heavy (non-hydrogen) atoms. The Kier molecular flexibility index (Phi) is 8.46. The summed E-state index contributed by atoms with van der Waals surface area (Å²) in [6, 6.07) is 5.80. The van der Waals surface area contributed by atoms with Gasteiger partial charge >= 0.3 is 5.97 Å². The maximum atomic E-state index is 11.2. The third-order valence-electron chi connectivity index (χ3n) is 4.71. The predicted octanol–water partition coefficient (Wildman–Crippen LogP) is 5.29. The molecule has 158 valence electrons. The number of benzene rings is 2. The van der Waals surface area contributed by atoms with Crippen LogP contribution >= 0.6 is 11.6 Å². The number of aromatic hydroxyl groups is 3. The second kappa shape index (κ2) is 10.8. The molecule has 2 rings (SSSR count). The van der Waals surface area contributed by atoms with E-state index in [1.165, 1.54) is 18.2 Å². The molecule has 0 amide bonds. The Bertz CT molecular complexity index is 850. The van der Waals surface area contributed by atoms with Gasteiger partial charge in [0.1, 0.15) is 17.1 Å². The van der Waals surface area contributed by atoms with Crippen LogP contribution in [0.15, 0.2) is 24.3 Å². The second-order valence-electron chi connectivity index (χ2n) is 6.94. The monoisotopic (exact) mass is 422 g/mol. The number of rotatable bonds is 11. The molecule has 0 aromatic heterocycles. The molecule has 2 aromatic carbocycles. The van der Waals surface area contributed by atoms with Gasteiger partial charge in [0.15, 0.2) is 11.5 Å². The van der Waals surface area contributed by atoms with E-state index in [0.29, 0.717) is 35.8 Å². The summed E-state index contributed by atoms with van der Waals surface area (Å²) in [5.41, 5.74) is 1.23. The molecule has 0 fully saturated rings. The van der Waals surface area contributed by atoms with E-state index in [2.05, 4.69) is 0 Å². The van der Waals surface area contributed by atoms with Crippen molar-refractivity contribution >= 4 is 17.6 Å². The Hall–Kier alpha value is -2.60. The first-order valence-electron chi connectivity index (χ1n) is 9.76. The van der Waals surface area contributed by atoms with Crippen LogP contribution in [0, 0.1) is 0 Å². The lowest BCUT2D eigenvalue weighted by Crippen LogP contribution is -2.04. The molecule has 0 aliphatic rings. The summed E-state index contributed by atoms with van der Waals surface area (Å²) in [6.45, 7) is 2.43. The van der Waals surface area contributed by atoms with E-state index in [1.807, 2.05) is 6.92 Å². The first-order valence-corrected chi connectivity index (χ1v) is 10.1. The highest BCUT2D eigenvalue weighted by molar-refractivity contribution is 6.31. The fourth-order valence-electron chi connectivity index (χ4n) is 3.16. The highest BCUT2D eigenvalue weighted by Gasteiger charge is 2.17. The zero-order valence-corrected chi connectivity index (χ0v) is 17.2. The standard InChI is InChI=1S/C22H27ClO6/c1-2-7-15-20(10-9-16(21(15)26)22(27)28)29-11-6-4-3-5-8-14-12-18(24)19(25)13-17(14)23/h9-10,12-13,24-26H,2-8,11H2,1H3,(H,27,28). The molecular formula is C22H27ClO6. The van der Waals surface area contributed by atoms with Gasteiger partial charge in [0.25, 0.3) is 0 Å². The number of carboxylic acids is 1. The number of phenolic OH excluding ortho intramolecular Hbond substituents is 2. The molecule has 7 heteroatoms. The van der Waals surface area contributed by atoms with Gasteiger partial charge in [-0.1, -0.05) is 37.8 Å². The summed E-state index contributed by atoms with van der Waals surface area (Å²) in [5.74, 6) is -1.24. The van der Waals surface area contributed by atoms with Crippen LogP contribution in [-0.2, 0) is 12.8 Å². The molecule has 0 bridgehead atoms. The summed E-state index contributed by atoms with van der Waals surface area (Å²) >= 11 is 6.07. The Labute approximate surface area is 175 Å². The highest BCUT2D eigenvalue weighted by Crippen LogP contribution is 2.33. The number of aryl methyl sites for hydroxylation is 1. The van der Waals surface area contributed by atoms with Crippen LogP contribution < -0.4 is 4.74 Å². The van der Waals surface area contributed by atoms with Crippen LogP contribution in [0.2, 0.25) is 5.02 Å². The number of hydrogen-bond acceptors (Lipinski definition) is 5. The number of aromatic carboxylic acids is 1. The van der Waals surface area contributed by atoms with Crippen LogP contribution in [0.4, 0.5) is 0 Å². The molecule has 0 saturated heterocycles. The maximum Gasteiger partial charge on any atom is 0.339 e. The molecule has 2 aromatic rings. The van der Waals surface area contributed by atoms with Gasteiger partial charge in [-0.25, -0.2) is 4.79 Å². The van der Waals surface area contributed by atoms with Crippen LogP contribution in [0.25, 0.3) is 0 Å². The average Bonchev–Trinajstić information content (AvgIpc) is 2.67. The quantitative estimate of drug-likeness (QED) is 0.289. The Morgan fingerprint density at radius 3 is 2.38 bits per heavy atom. The summed E-state index contributed by atoms with van der Waals surface area (Å²) in [7, 11) is 0. The smallest absolute Gasteiger partial charge is 0.339 e. The first kappa shape index (κ1) is 22.7. The van der Waals surface area contributed by atoms with Crippen molar-refractivity contribution in [1.29, 1.82) is 0 Å². The molecular weight excluding hydrogens is 396 g/mol. The van der Waals surface area contributed by atoms with Crippen LogP contribution in [0.1, 0.15) is 60.5 Å². The van der Waals surface area contributed by atoms with Gasteiger partial charge in [0.2, 0.25) is 0 Å². The average molecular weight is 423 g/mol. The molecule has 0 radical (unpaired) electrons. The zero-order valence-electron chi connectivity index (χ0n) is 16.4. The number of unbranched alkanes of at least 4 members (excludes halogenated alkanes) is 3. The van der Waals surface area contributed by atoms with Crippen LogP contribution in [0.5, 0.6) is 23.0 Å². The lowest BCUT2D eigenvalue weighted by atomic mass is 10.0. The van der Waals surface area contributed by atoms with Crippen molar-refractivity contribution in [3.8, 4) is 23.0 Å². The summed E-state index contributed by atoms with van der Waals surface area (Å²) in [6.07, 6.45) is 5.61. The van der Waals surface area contributed by atoms with Crippen molar-refractivity contribution in [3.05, 3.63) is 46.0 Å². The maximum absolute atomic E-state index is 11.2. The second-order valence-corrected chi connectivity index (χ2v) is 7.35. The predicted molar refractivity (Wildman–Crippen MR) is 112 cm³/mol. The van der Waals surface area contributed by atoms with Crippen LogP contribution in [-0.4, -0.2) is 33.0 Å². The minimum Gasteiger partial charge on any atom is -0.507 e. The van der Waals surface area contributed by atoms with Gasteiger partial charge in [-0.3, -0.25) is 0 Å². The minimum absolute atomic E-state index is 0.111. The number of phenols is 3. The van der Waals surface area contributed by atoms with Gasteiger partial charge in [0, 0.05) is 16.7 Å². The van der Waals surface area contributed by atoms with Crippen molar-refractivity contribution in [2.75, 3.05) is 6.61 Å². The number of carbonyl (C=O) groups is 1. The molecule has 0 heterocycles. The molecule has 0 saturated carbocycles. The molecule has 0 atom stereocenters. The van der Waals surface area contributed by atoms with Crippen molar-refractivity contribution in [2.24, 2.45) is 0 Å². The fraction of sp³-hybridized carbons (Fsp3) is 0.409. The molecule has 0 spiro atoms. The molecule has 0 aliphatic heterocycles. The summed E-state index contributed by atoms with van der Waals surface area (Å²) in [5, 5.41) is 38.8. The Morgan fingerprint density at radius 2 is 1.69 bits per heavy atom. The lowest BCUT2D eigenvalue weighted by molar-refractivity contribution is 0.0693. The summed E-state index contributed by atoms with van der Waals surface area (Å²) in [4.78, 5) is 11.2. The van der Waals surface area contributed by atoms with Crippen LogP contribution in [0.3, 0.4) is 0 Å². The lowest BCUT2D eigenvalue weighted by Gasteiger charge is -2.14. The zero-order chi connectivity index (χ0) is 21.4. The van der Waals surface area contributed by atoms with Crippen molar-refractivity contribution < 1.29 is 30.0 Å². The van der Waals surface area contributed by atoms with Crippen molar-refractivity contribution in [1.82, 2.24) is 0 Å². The SMILES string of the molecule is CCCc1c(OCCCCCCc2cc(O)c(O)cc2Cl)ccc(C(=O)O)c1O. The normalized spacial score (nSPS) is 10.8. The number of halogens is 1. The van der Waals surface area contributed by atoms with E-state index >= 15 is 0 Å². The third kappa shape index (κ3) is 6.19. The van der Waals surface area contributed by atoms with E-state index in [9.17, 15) is 20.1 Å². The molecule has 6 nitrogen and oxygen atoms in total. The van der Waals surface area contributed by atoms with Gasteiger partial charge in [-0.05, 0) is 49.4 Å². The number of ether oxygens (including phenoxy) is 1. The largest absolute Gasteiger partial charge is 0.507 e. The minimum atomic E-state index is -1.16. The van der Waals surface area contributed by atoms with Gasteiger partial charge in [-0.2, -0.15) is 0 Å². The number of hydrogen-bond donors (Lipinski definition) is 4. The van der Waals surface area contributed by atoms with Gasteiger partial charge in [0.05, 0.1) is 6.61 Å². The first-order chi connectivity index (χ1) is 13.8. The van der Waals surface area contributed by atoms with Gasteiger partial charge < -0.3 is 25.2 Å². The topological polar surface area (TPSA) is 107 Å². The molecule has 4 N–H and O–H groups in total. The van der Waals surface area contributed by atoms with E-state index in [1.54, 1.807) is 6.07 Å². The Morgan fingerprint density at radius 1 is 1.00 bits per heavy atom. The third-order valence-corrected chi connectivity index (χ3v) is 5.06. The van der Waals surface area contributed by atoms with E-state index in [0.717, 1.165) is 37.7 Å². The van der Waals surface area contributed by atoms with Crippen molar-refractivity contribution in [2.45, 2.75) is 51.9 Å². The van der Waals surface area contributed by atoms with Crippen molar-refractivity contribution in [3.63, 3.8) is 0 Å². The summed E-state index contributed by atoms with van der Waals surface area (Å²) < 4.78 is 5.78. The highest BCUT2D eigenvalue weighted by atomic mass is 35.5. The van der Waals surface area contributed by atoms with Gasteiger partial charge in [-0.15, -0.1) is 0 Å². The molecule has 0 unspecified atom stereocenters. The van der Waals surface area contributed by atoms with E-state index in [4.69, 9.17) is 21.4 Å². The van der Waals surface area contributed by atoms with E-state index < -0.39 is 5.97 Å². The molecule has 0 aliphatic carbocycles. The fourth-order valence-corrected chi connectivity index (χ4v) is 3.41. The Balaban J connectivity index is 1.79.